The van der Waals surface area contributed by atoms with E-state index in [0.29, 0.717) is 48.2 Å². The van der Waals surface area contributed by atoms with E-state index < -0.39 is 5.97 Å². The molecule has 1 heterocycles. The first-order valence-corrected chi connectivity index (χ1v) is 9.37. The van der Waals surface area contributed by atoms with Gasteiger partial charge in [0.25, 0.3) is 0 Å². The van der Waals surface area contributed by atoms with Gasteiger partial charge in [-0.2, -0.15) is 0 Å². The first-order chi connectivity index (χ1) is 13.0. The minimum absolute atomic E-state index is 0.279. The van der Waals surface area contributed by atoms with Crippen molar-refractivity contribution in [3.8, 4) is 5.75 Å². The van der Waals surface area contributed by atoms with Crippen LogP contribution in [-0.4, -0.2) is 56.3 Å². The first-order valence-electron chi connectivity index (χ1n) is 8.99. The fraction of sp³-hybridized carbons (Fsp3) is 0.474. The molecule has 1 atom stereocenters. The lowest BCUT2D eigenvalue weighted by molar-refractivity contribution is -0.139. The van der Waals surface area contributed by atoms with Crippen molar-refractivity contribution in [1.29, 1.82) is 0 Å². The summed E-state index contributed by atoms with van der Waals surface area (Å²) in [5.41, 5.74) is 1.03. The second-order valence-corrected chi connectivity index (χ2v) is 6.60. The van der Waals surface area contributed by atoms with Crippen LogP contribution in [0.4, 0.5) is 4.79 Å². The fourth-order valence-electron chi connectivity index (χ4n) is 2.81. The summed E-state index contributed by atoms with van der Waals surface area (Å²) in [6, 6.07) is 6.60. The summed E-state index contributed by atoms with van der Waals surface area (Å²) in [5, 5.41) is 6.07. The van der Waals surface area contributed by atoms with Crippen LogP contribution in [0.2, 0.25) is 5.02 Å². The van der Waals surface area contributed by atoms with E-state index in [1.807, 2.05) is 37.1 Å². The number of hydrogen-bond donors (Lipinski definition) is 2. The summed E-state index contributed by atoms with van der Waals surface area (Å²) in [5.74, 6) is 0.216. The number of halogens is 1. The van der Waals surface area contributed by atoms with Crippen LogP contribution >= 0.6 is 11.6 Å². The number of amides is 2. The molecule has 1 aromatic rings. The molecule has 1 aromatic carbocycles. The number of nitrogens with zero attached hydrogens (tertiary/aromatic N) is 1. The largest absolute Gasteiger partial charge is 0.491 e. The van der Waals surface area contributed by atoms with E-state index in [-0.39, 0.29) is 18.7 Å². The zero-order valence-electron chi connectivity index (χ0n) is 15.9. The highest BCUT2D eigenvalue weighted by Crippen LogP contribution is 2.23. The van der Waals surface area contributed by atoms with Gasteiger partial charge in [-0.05, 0) is 32.5 Å². The van der Waals surface area contributed by atoms with Gasteiger partial charge in [-0.15, -0.1) is 0 Å². The number of ether oxygens (including phenoxy) is 2. The van der Waals surface area contributed by atoms with E-state index in [2.05, 4.69) is 10.6 Å². The van der Waals surface area contributed by atoms with Gasteiger partial charge >= 0.3 is 12.0 Å². The van der Waals surface area contributed by atoms with Gasteiger partial charge in [-0.25, -0.2) is 9.59 Å². The molecule has 7 nitrogen and oxygen atoms in total. The molecule has 0 radical (unpaired) electrons. The Kier molecular flexibility index (Phi) is 7.94. The van der Waals surface area contributed by atoms with Crippen molar-refractivity contribution in [3.63, 3.8) is 0 Å². The maximum atomic E-state index is 12.4. The van der Waals surface area contributed by atoms with Gasteiger partial charge < -0.3 is 20.1 Å². The molecule has 2 amide bonds. The Bertz CT molecular complexity index is 708. The molecule has 1 aliphatic heterocycles. The van der Waals surface area contributed by atoms with Crippen molar-refractivity contribution in [2.24, 2.45) is 0 Å². The smallest absolute Gasteiger partial charge is 0.337 e. The molecule has 0 aliphatic carbocycles. The maximum Gasteiger partial charge on any atom is 0.337 e. The topological polar surface area (TPSA) is 79.9 Å². The van der Waals surface area contributed by atoms with Gasteiger partial charge in [0.1, 0.15) is 12.4 Å². The van der Waals surface area contributed by atoms with Crippen molar-refractivity contribution in [3.05, 3.63) is 40.6 Å². The Morgan fingerprint density at radius 2 is 2.04 bits per heavy atom. The number of para-hydroxylation sites is 1. The van der Waals surface area contributed by atoms with Crippen LogP contribution in [0.5, 0.6) is 5.75 Å². The zero-order valence-corrected chi connectivity index (χ0v) is 16.6. The predicted molar refractivity (Wildman–Crippen MR) is 104 cm³/mol. The molecule has 0 spiro atoms. The van der Waals surface area contributed by atoms with Crippen LogP contribution in [-0.2, 0) is 9.53 Å². The van der Waals surface area contributed by atoms with Crippen LogP contribution in [0.25, 0.3) is 0 Å². The summed E-state index contributed by atoms with van der Waals surface area (Å²) < 4.78 is 10.9. The standard InChI is InChI=1S/C19H26ClN3O4/c1-4-14-17(18(24)26-5-2)15(22-19(25)21-14)12-23(3)10-11-27-16-9-7-6-8-13(16)20/h6-9,14H,4-5,10-12H2,1-3H3,(H2,21,22,25). The predicted octanol–water partition coefficient (Wildman–Crippen LogP) is 2.56. The van der Waals surface area contributed by atoms with Crippen molar-refractivity contribution in [1.82, 2.24) is 15.5 Å². The van der Waals surface area contributed by atoms with Gasteiger partial charge in [-0.3, -0.25) is 4.90 Å². The lowest BCUT2D eigenvalue weighted by atomic mass is 10.00. The Hall–Kier alpha value is -2.25. The second kappa shape index (κ2) is 10.2. The maximum absolute atomic E-state index is 12.4. The Morgan fingerprint density at radius 1 is 1.30 bits per heavy atom. The quantitative estimate of drug-likeness (QED) is 0.628. The molecule has 0 saturated carbocycles. The number of nitrogens with one attached hydrogen (secondary N) is 2. The molecule has 1 unspecified atom stereocenters. The van der Waals surface area contributed by atoms with Gasteiger partial charge in [0, 0.05) is 18.8 Å². The minimum Gasteiger partial charge on any atom is -0.491 e. The highest BCUT2D eigenvalue weighted by molar-refractivity contribution is 6.32. The molecular formula is C19H26ClN3O4. The summed E-state index contributed by atoms with van der Waals surface area (Å²) in [4.78, 5) is 26.3. The van der Waals surface area contributed by atoms with Crippen molar-refractivity contribution in [2.75, 3.05) is 33.4 Å². The van der Waals surface area contributed by atoms with E-state index >= 15 is 0 Å². The van der Waals surface area contributed by atoms with Crippen LogP contribution in [0.15, 0.2) is 35.5 Å². The third-order valence-electron chi connectivity index (χ3n) is 4.14. The molecule has 0 bridgehead atoms. The van der Waals surface area contributed by atoms with E-state index in [0.717, 1.165) is 0 Å². The van der Waals surface area contributed by atoms with Crippen molar-refractivity contribution < 1.29 is 19.1 Å². The third-order valence-corrected chi connectivity index (χ3v) is 4.45. The van der Waals surface area contributed by atoms with Crippen LogP contribution in [0.3, 0.4) is 0 Å². The van der Waals surface area contributed by atoms with E-state index in [1.165, 1.54) is 0 Å². The number of likely N-dealkylation sites (N-methyl/N-ethyl adjacent to an activating group) is 1. The molecule has 27 heavy (non-hydrogen) atoms. The monoisotopic (exact) mass is 395 g/mol. The average molecular weight is 396 g/mol. The average Bonchev–Trinajstić information content (AvgIpc) is 2.62. The van der Waals surface area contributed by atoms with E-state index in [4.69, 9.17) is 21.1 Å². The molecule has 2 rings (SSSR count). The molecule has 0 aromatic heterocycles. The summed E-state index contributed by atoms with van der Waals surface area (Å²) in [6.07, 6.45) is 0.602. The third kappa shape index (κ3) is 5.87. The van der Waals surface area contributed by atoms with Crippen molar-refractivity contribution in [2.45, 2.75) is 26.3 Å². The number of rotatable bonds is 9. The Balaban J connectivity index is 2.02. The summed E-state index contributed by atoms with van der Waals surface area (Å²) in [6.45, 7) is 5.35. The van der Waals surface area contributed by atoms with E-state index in [1.54, 1.807) is 13.0 Å². The molecule has 0 saturated heterocycles. The molecule has 0 fully saturated rings. The lowest BCUT2D eigenvalue weighted by Gasteiger charge is -2.30. The van der Waals surface area contributed by atoms with Gasteiger partial charge in [0.2, 0.25) is 0 Å². The fourth-order valence-corrected chi connectivity index (χ4v) is 3.00. The highest BCUT2D eigenvalue weighted by Gasteiger charge is 2.31. The number of benzene rings is 1. The number of esters is 1. The molecule has 8 heteroatoms. The van der Waals surface area contributed by atoms with Crippen LogP contribution in [0, 0.1) is 0 Å². The van der Waals surface area contributed by atoms with Crippen LogP contribution < -0.4 is 15.4 Å². The molecule has 1 aliphatic rings. The lowest BCUT2D eigenvalue weighted by Crippen LogP contribution is -2.52. The molecule has 148 valence electrons. The number of carbonyl (C=O) groups excluding carboxylic acids is 2. The number of urea groups is 1. The highest BCUT2D eigenvalue weighted by atomic mass is 35.5. The van der Waals surface area contributed by atoms with Crippen molar-refractivity contribution >= 4 is 23.6 Å². The van der Waals surface area contributed by atoms with Gasteiger partial charge in [0.05, 0.1) is 23.2 Å². The number of carbonyl (C=O) groups is 2. The van der Waals surface area contributed by atoms with E-state index in [9.17, 15) is 9.59 Å². The normalized spacial score (nSPS) is 16.8. The summed E-state index contributed by atoms with van der Waals surface area (Å²) >= 11 is 6.08. The second-order valence-electron chi connectivity index (χ2n) is 6.19. The van der Waals surface area contributed by atoms with Gasteiger partial charge in [0.15, 0.2) is 0 Å². The first kappa shape index (κ1) is 21.1. The molecular weight excluding hydrogens is 370 g/mol. The van der Waals surface area contributed by atoms with Crippen LogP contribution in [0.1, 0.15) is 20.3 Å². The SMILES string of the molecule is CCOC(=O)C1=C(CN(C)CCOc2ccccc2Cl)NC(=O)NC1CC. The Morgan fingerprint density at radius 3 is 2.70 bits per heavy atom. The zero-order chi connectivity index (χ0) is 19.8. The van der Waals surface area contributed by atoms with Gasteiger partial charge in [-0.1, -0.05) is 30.7 Å². The molecule has 2 N–H and O–H groups in total. The minimum atomic E-state index is -0.410. The Labute approximate surface area is 164 Å². The number of hydrogen-bond acceptors (Lipinski definition) is 5. The summed E-state index contributed by atoms with van der Waals surface area (Å²) in [7, 11) is 1.89.